The number of aliphatic hydroxyl groups is 1. The lowest BCUT2D eigenvalue weighted by atomic mass is 10.4. The van der Waals surface area contributed by atoms with E-state index >= 15 is 0 Å². The minimum atomic E-state index is -0.346. The van der Waals surface area contributed by atoms with E-state index in [1.807, 2.05) is 0 Å². The quantitative estimate of drug-likeness (QED) is 0.375. The van der Waals surface area contributed by atoms with E-state index in [4.69, 9.17) is 5.11 Å². The van der Waals surface area contributed by atoms with Gasteiger partial charge in [0, 0.05) is 5.75 Å². The molecule has 0 aromatic carbocycles. The number of hydrogen-bond acceptors (Lipinski definition) is 4. The number of aliphatic hydroxyl groups excluding tert-OH is 1. The first kappa shape index (κ1) is 5.37. The topological polar surface area (TPSA) is 44.3 Å². The summed E-state index contributed by atoms with van der Waals surface area (Å²) in [6.07, 6.45) is 0.485. The van der Waals surface area contributed by atoms with Gasteiger partial charge in [0.15, 0.2) is 0 Å². The molecule has 3 nitrogen and oxygen atoms in total. The summed E-state index contributed by atoms with van der Waals surface area (Å²) in [6.45, 7) is 0. The molecule has 1 aliphatic rings. The molecule has 1 unspecified atom stereocenters. The first-order valence-corrected chi connectivity index (χ1v) is 3.18. The first-order chi connectivity index (χ1) is 3.39. The van der Waals surface area contributed by atoms with Crippen LogP contribution in [-0.4, -0.2) is 17.1 Å². The van der Waals surface area contributed by atoms with Gasteiger partial charge in [-0.25, -0.2) is 5.43 Å². The van der Waals surface area contributed by atoms with Crippen LogP contribution < -0.4 is 10.3 Å². The molecular formula is C3H8N2OS. The molecule has 0 amide bonds. The standard InChI is InChI=1S/C3H8N2OS/c6-3-1-2-7-5-4-3/h3-6H,1-2H2. The van der Waals surface area contributed by atoms with E-state index in [2.05, 4.69) is 10.3 Å². The normalized spacial score (nSPS) is 33.0. The zero-order valence-electron chi connectivity index (χ0n) is 3.85. The summed E-state index contributed by atoms with van der Waals surface area (Å²) in [7, 11) is 0. The van der Waals surface area contributed by atoms with Crippen LogP contribution >= 0.6 is 11.9 Å². The lowest BCUT2D eigenvalue weighted by Crippen LogP contribution is -2.41. The fourth-order valence-electron chi connectivity index (χ4n) is 0.403. The second-order valence-corrected chi connectivity index (χ2v) is 2.30. The summed E-state index contributed by atoms with van der Waals surface area (Å²) in [5.74, 6) is 0.980. The van der Waals surface area contributed by atoms with Crippen molar-refractivity contribution in [2.45, 2.75) is 12.6 Å². The highest BCUT2D eigenvalue weighted by Crippen LogP contribution is 2.02. The van der Waals surface area contributed by atoms with Crippen molar-refractivity contribution in [2.24, 2.45) is 0 Å². The molecule has 0 aliphatic carbocycles. The van der Waals surface area contributed by atoms with Crippen LogP contribution in [0.2, 0.25) is 0 Å². The minimum Gasteiger partial charge on any atom is -0.377 e. The van der Waals surface area contributed by atoms with Gasteiger partial charge in [-0.05, 0) is 6.42 Å². The predicted molar refractivity (Wildman–Crippen MR) is 29.4 cm³/mol. The van der Waals surface area contributed by atoms with E-state index in [0.717, 1.165) is 12.2 Å². The Morgan fingerprint density at radius 1 is 1.71 bits per heavy atom. The second-order valence-electron chi connectivity index (χ2n) is 1.40. The van der Waals surface area contributed by atoms with Crippen molar-refractivity contribution in [3.63, 3.8) is 0 Å². The fourth-order valence-corrected chi connectivity index (χ4v) is 1.07. The monoisotopic (exact) mass is 120 g/mol. The van der Waals surface area contributed by atoms with Gasteiger partial charge < -0.3 is 5.11 Å². The van der Waals surface area contributed by atoms with E-state index in [0.29, 0.717) is 0 Å². The van der Waals surface area contributed by atoms with E-state index < -0.39 is 0 Å². The predicted octanol–water partition coefficient (Wildman–Crippen LogP) is -0.549. The Labute approximate surface area is 46.6 Å². The van der Waals surface area contributed by atoms with Crippen LogP contribution in [0.1, 0.15) is 6.42 Å². The maximum atomic E-state index is 8.72. The van der Waals surface area contributed by atoms with Crippen LogP contribution in [0.4, 0.5) is 0 Å². The number of rotatable bonds is 0. The molecular weight excluding hydrogens is 112 g/mol. The van der Waals surface area contributed by atoms with Gasteiger partial charge in [-0.15, -0.1) is 0 Å². The zero-order chi connectivity index (χ0) is 5.11. The Morgan fingerprint density at radius 3 is 2.86 bits per heavy atom. The van der Waals surface area contributed by atoms with Crippen LogP contribution in [-0.2, 0) is 0 Å². The second kappa shape index (κ2) is 2.52. The Bertz CT molecular complexity index is 54.9. The zero-order valence-corrected chi connectivity index (χ0v) is 4.66. The molecule has 0 radical (unpaired) electrons. The Balaban J connectivity index is 2.12. The molecule has 1 fully saturated rings. The highest BCUT2D eigenvalue weighted by atomic mass is 32.2. The molecule has 4 heteroatoms. The maximum absolute atomic E-state index is 8.72. The summed E-state index contributed by atoms with van der Waals surface area (Å²) in [5, 5.41) is 8.72. The van der Waals surface area contributed by atoms with Crippen molar-refractivity contribution in [1.82, 2.24) is 10.3 Å². The number of hydrogen-bond donors (Lipinski definition) is 3. The largest absolute Gasteiger partial charge is 0.377 e. The van der Waals surface area contributed by atoms with Gasteiger partial charge in [-0.3, -0.25) is 0 Å². The molecule has 1 rings (SSSR count). The smallest absolute Gasteiger partial charge is 0.118 e. The van der Waals surface area contributed by atoms with Crippen LogP contribution in [0.5, 0.6) is 0 Å². The van der Waals surface area contributed by atoms with Crippen molar-refractivity contribution in [2.75, 3.05) is 5.75 Å². The van der Waals surface area contributed by atoms with Crippen molar-refractivity contribution >= 4 is 11.9 Å². The van der Waals surface area contributed by atoms with Gasteiger partial charge in [-0.2, -0.15) is 4.83 Å². The molecule has 1 atom stereocenters. The van der Waals surface area contributed by atoms with Crippen LogP contribution in [0.15, 0.2) is 0 Å². The minimum absolute atomic E-state index is 0.346. The molecule has 0 aromatic heterocycles. The van der Waals surface area contributed by atoms with Crippen LogP contribution in [0.25, 0.3) is 0 Å². The fraction of sp³-hybridized carbons (Fsp3) is 1.00. The van der Waals surface area contributed by atoms with Gasteiger partial charge in [0.05, 0.1) is 0 Å². The lowest BCUT2D eigenvalue weighted by Gasteiger charge is -2.17. The number of hydrazine groups is 1. The molecule has 1 aliphatic heterocycles. The molecule has 42 valence electrons. The third-order valence-electron chi connectivity index (χ3n) is 0.791. The van der Waals surface area contributed by atoms with Crippen LogP contribution in [0, 0.1) is 0 Å². The lowest BCUT2D eigenvalue weighted by molar-refractivity contribution is 0.124. The van der Waals surface area contributed by atoms with Gasteiger partial charge in [0.1, 0.15) is 6.23 Å². The summed E-state index contributed by atoms with van der Waals surface area (Å²) in [4.78, 5) is 2.75. The first-order valence-electron chi connectivity index (χ1n) is 2.20. The summed E-state index contributed by atoms with van der Waals surface area (Å²) < 4.78 is 0. The molecule has 0 saturated carbocycles. The van der Waals surface area contributed by atoms with E-state index in [1.165, 1.54) is 0 Å². The Morgan fingerprint density at radius 2 is 2.57 bits per heavy atom. The van der Waals surface area contributed by atoms with E-state index in [9.17, 15) is 0 Å². The Hall–Kier alpha value is 0.230. The van der Waals surface area contributed by atoms with Gasteiger partial charge >= 0.3 is 0 Å². The SMILES string of the molecule is OC1CCSNN1. The van der Waals surface area contributed by atoms with Gasteiger partial charge in [-0.1, -0.05) is 11.9 Å². The third-order valence-corrected chi connectivity index (χ3v) is 1.49. The highest BCUT2D eigenvalue weighted by molar-refractivity contribution is 7.97. The average Bonchev–Trinajstić information content (AvgIpc) is 1.69. The van der Waals surface area contributed by atoms with Crippen molar-refractivity contribution in [3.8, 4) is 0 Å². The summed E-state index contributed by atoms with van der Waals surface area (Å²) >= 11 is 1.58. The summed E-state index contributed by atoms with van der Waals surface area (Å²) in [6, 6.07) is 0. The van der Waals surface area contributed by atoms with Gasteiger partial charge in [0.25, 0.3) is 0 Å². The molecule has 0 bridgehead atoms. The molecule has 3 N–H and O–H groups in total. The molecule has 7 heavy (non-hydrogen) atoms. The highest BCUT2D eigenvalue weighted by Gasteiger charge is 2.06. The maximum Gasteiger partial charge on any atom is 0.118 e. The molecule has 0 aromatic rings. The van der Waals surface area contributed by atoms with Crippen molar-refractivity contribution in [1.29, 1.82) is 0 Å². The van der Waals surface area contributed by atoms with Crippen molar-refractivity contribution in [3.05, 3.63) is 0 Å². The van der Waals surface area contributed by atoms with Crippen LogP contribution in [0.3, 0.4) is 0 Å². The van der Waals surface area contributed by atoms with Gasteiger partial charge in [0.2, 0.25) is 0 Å². The van der Waals surface area contributed by atoms with E-state index in [1.54, 1.807) is 11.9 Å². The molecule has 0 spiro atoms. The van der Waals surface area contributed by atoms with E-state index in [-0.39, 0.29) is 6.23 Å². The number of nitrogens with one attached hydrogen (secondary N) is 2. The average molecular weight is 120 g/mol. The molecule has 1 saturated heterocycles. The molecule has 1 heterocycles. The summed E-state index contributed by atoms with van der Waals surface area (Å²) in [5.41, 5.74) is 2.65. The van der Waals surface area contributed by atoms with Crippen molar-refractivity contribution < 1.29 is 5.11 Å². The Kier molecular flexibility index (Phi) is 1.93. The third kappa shape index (κ3) is 1.65.